The number of aromatic nitrogens is 3. The smallest absolute Gasteiger partial charge is 0.160 e. The predicted molar refractivity (Wildman–Crippen MR) is 221 cm³/mol. The monoisotopic (exact) mass is 685 g/mol. The Morgan fingerprint density at radius 1 is 0.389 bits per heavy atom. The van der Waals surface area contributed by atoms with E-state index < -0.39 is 5.41 Å². The normalized spacial score (nSPS) is 15.1. The molecular formula is C51H31N3. The summed E-state index contributed by atoms with van der Waals surface area (Å²) in [5, 5.41) is 3.62. The molecule has 0 N–H and O–H groups in total. The molecule has 2 aromatic heterocycles. The van der Waals surface area contributed by atoms with Crippen molar-refractivity contribution in [2.24, 2.45) is 0 Å². The molecule has 3 nitrogen and oxygen atoms in total. The predicted octanol–water partition coefficient (Wildman–Crippen LogP) is 12.4. The van der Waals surface area contributed by atoms with Gasteiger partial charge in [-0.2, -0.15) is 0 Å². The Balaban J connectivity index is 1.10. The summed E-state index contributed by atoms with van der Waals surface area (Å²) < 4.78 is 2.50. The van der Waals surface area contributed by atoms with E-state index in [9.17, 15) is 0 Å². The molecule has 1 atom stereocenters. The number of hydrogen-bond acceptors (Lipinski definition) is 2. The first-order valence-electron chi connectivity index (χ1n) is 18.6. The average Bonchev–Trinajstić information content (AvgIpc) is 3.74. The van der Waals surface area contributed by atoms with Crippen LogP contribution in [0.15, 0.2) is 188 Å². The Hall–Kier alpha value is -7.10. The summed E-state index contributed by atoms with van der Waals surface area (Å²) in [6.07, 6.45) is 0. The molecule has 250 valence electrons. The molecule has 0 saturated carbocycles. The second-order valence-corrected chi connectivity index (χ2v) is 14.5. The molecule has 54 heavy (non-hydrogen) atoms. The molecule has 0 bridgehead atoms. The third kappa shape index (κ3) is 3.85. The summed E-state index contributed by atoms with van der Waals surface area (Å²) in [6.45, 7) is 0. The zero-order valence-electron chi connectivity index (χ0n) is 29.2. The highest BCUT2D eigenvalue weighted by atomic mass is 15.0. The lowest BCUT2D eigenvalue weighted by molar-refractivity contribution is 0.749. The van der Waals surface area contributed by atoms with Gasteiger partial charge in [0.15, 0.2) is 5.82 Å². The highest BCUT2D eigenvalue weighted by Gasteiger charge is 2.50. The summed E-state index contributed by atoms with van der Waals surface area (Å²) in [6, 6.07) is 68.4. The Bertz CT molecular complexity index is 3170. The molecule has 2 aliphatic rings. The van der Waals surface area contributed by atoms with Crippen molar-refractivity contribution in [3.63, 3.8) is 0 Å². The maximum absolute atomic E-state index is 5.20. The summed E-state index contributed by atoms with van der Waals surface area (Å²) in [4.78, 5) is 10.3. The zero-order valence-corrected chi connectivity index (χ0v) is 29.2. The van der Waals surface area contributed by atoms with Gasteiger partial charge >= 0.3 is 0 Å². The molecule has 0 radical (unpaired) electrons. The number of rotatable bonds is 3. The summed E-state index contributed by atoms with van der Waals surface area (Å²) in [5.74, 6) is 0.722. The van der Waals surface area contributed by atoms with Crippen LogP contribution in [-0.4, -0.2) is 14.5 Å². The van der Waals surface area contributed by atoms with Gasteiger partial charge in [-0.05, 0) is 74.8 Å². The number of para-hydroxylation sites is 4. The average molecular weight is 686 g/mol. The number of hydrogen-bond donors (Lipinski definition) is 0. The minimum atomic E-state index is -0.494. The lowest BCUT2D eigenvalue weighted by Crippen LogP contribution is -2.33. The van der Waals surface area contributed by atoms with Crippen molar-refractivity contribution in [3.8, 4) is 50.6 Å². The van der Waals surface area contributed by atoms with Crippen LogP contribution in [-0.2, 0) is 5.41 Å². The Morgan fingerprint density at radius 3 is 1.96 bits per heavy atom. The molecule has 8 aromatic carbocycles. The third-order valence-corrected chi connectivity index (χ3v) is 11.8. The Kier molecular flexibility index (Phi) is 5.98. The lowest BCUT2D eigenvalue weighted by atomic mass is 9.65. The molecule has 1 spiro atoms. The largest absolute Gasteiger partial charge is 0.309 e. The first-order valence-corrected chi connectivity index (χ1v) is 18.6. The van der Waals surface area contributed by atoms with Gasteiger partial charge < -0.3 is 4.57 Å². The molecule has 10 aromatic rings. The van der Waals surface area contributed by atoms with E-state index in [1.807, 2.05) is 12.1 Å². The molecule has 3 heteroatoms. The van der Waals surface area contributed by atoms with Gasteiger partial charge in [0.05, 0.1) is 33.3 Å². The van der Waals surface area contributed by atoms with E-state index in [1.165, 1.54) is 66.4 Å². The zero-order chi connectivity index (χ0) is 35.4. The second-order valence-electron chi connectivity index (χ2n) is 14.5. The van der Waals surface area contributed by atoms with Crippen molar-refractivity contribution in [2.75, 3.05) is 0 Å². The quantitative estimate of drug-likeness (QED) is 0.185. The molecular weight excluding hydrogens is 655 g/mol. The third-order valence-electron chi connectivity index (χ3n) is 11.8. The van der Waals surface area contributed by atoms with Gasteiger partial charge in [0, 0.05) is 27.3 Å². The van der Waals surface area contributed by atoms with Crippen LogP contribution in [0.2, 0.25) is 0 Å². The van der Waals surface area contributed by atoms with Crippen molar-refractivity contribution in [3.05, 3.63) is 210 Å². The number of fused-ring (bicyclic) bond motifs is 13. The standard InChI is InChI=1S/C51H31N3/c1-2-14-32(15-3-1)48-40-20-5-9-25-45(40)52-50(53-48)35-17-12-16-33(30-35)34-28-29-37-36-18-4-7-22-41(36)51(44(37)31-34)42-23-8-11-27-47(42)54-46-26-10-6-19-38(46)39-21-13-24-43(51)49(39)54/h1-31H. The van der Waals surface area contributed by atoms with Crippen LogP contribution in [0.3, 0.4) is 0 Å². The molecule has 0 amide bonds. The van der Waals surface area contributed by atoms with Crippen molar-refractivity contribution < 1.29 is 0 Å². The summed E-state index contributed by atoms with van der Waals surface area (Å²) >= 11 is 0. The minimum absolute atomic E-state index is 0.494. The van der Waals surface area contributed by atoms with E-state index in [0.29, 0.717) is 0 Å². The second kappa shape index (κ2) is 11.0. The van der Waals surface area contributed by atoms with E-state index in [2.05, 4.69) is 180 Å². The van der Waals surface area contributed by atoms with Gasteiger partial charge in [0.25, 0.3) is 0 Å². The van der Waals surface area contributed by atoms with E-state index >= 15 is 0 Å². The van der Waals surface area contributed by atoms with Crippen LogP contribution < -0.4 is 0 Å². The van der Waals surface area contributed by atoms with E-state index in [1.54, 1.807) is 0 Å². The van der Waals surface area contributed by atoms with Crippen molar-refractivity contribution in [1.29, 1.82) is 0 Å². The lowest BCUT2D eigenvalue weighted by Gasteiger charge is -2.39. The van der Waals surface area contributed by atoms with Gasteiger partial charge in [-0.15, -0.1) is 0 Å². The molecule has 12 rings (SSSR count). The first-order chi connectivity index (χ1) is 26.8. The maximum Gasteiger partial charge on any atom is 0.160 e. The highest BCUT2D eigenvalue weighted by molar-refractivity contribution is 6.13. The fourth-order valence-corrected chi connectivity index (χ4v) is 9.60. The van der Waals surface area contributed by atoms with E-state index in [4.69, 9.17) is 9.97 Å². The van der Waals surface area contributed by atoms with Gasteiger partial charge in [-0.25, -0.2) is 9.97 Å². The molecule has 1 unspecified atom stereocenters. The van der Waals surface area contributed by atoms with E-state index in [-0.39, 0.29) is 0 Å². The molecule has 0 saturated heterocycles. The van der Waals surface area contributed by atoms with Crippen molar-refractivity contribution >= 4 is 32.7 Å². The topological polar surface area (TPSA) is 30.7 Å². The van der Waals surface area contributed by atoms with Crippen molar-refractivity contribution in [2.45, 2.75) is 5.41 Å². The fraction of sp³-hybridized carbons (Fsp3) is 0.0196. The van der Waals surface area contributed by atoms with Crippen LogP contribution >= 0.6 is 0 Å². The minimum Gasteiger partial charge on any atom is -0.309 e. The van der Waals surface area contributed by atoms with Gasteiger partial charge in [-0.3, -0.25) is 0 Å². The Labute approximate surface area is 312 Å². The van der Waals surface area contributed by atoms with Crippen LogP contribution in [0, 0.1) is 0 Å². The molecule has 3 heterocycles. The van der Waals surface area contributed by atoms with Crippen LogP contribution in [0.25, 0.3) is 83.3 Å². The molecule has 1 aliphatic carbocycles. The fourth-order valence-electron chi connectivity index (χ4n) is 9.60. The molecule has 1 aliphatic heterocycles. The Morgan fingerprint density at radius 2 is 1.04 bits per heavy atom. The van der Waals surface area contributed by atoms with Gasteiger partial charge in [-0.1, -0.05) is 158 Å². The number of benzene rings is 8. The van der Waals surface area contributed by atoms with Crippen molar-refractivity contribution in [1.82, 2.24) is 14.5 Å². The van der Waals surface area contributed by atoms with Crippen LogP contribution in [0.5, 0.6) is 0 Å². The highest BCUT2D eigenvalue weighted by Crippen LogP contribution is 2.61. The van der Waals surface area contributed by atoms with Gasteiger partial charge in [0.2, 0.25) is 0 Å². The number of nitrogens with zero attached hydrogens (tertiary/aromatic N) is 3. The van der Waals surface area contributed by atoms with Crippen LogP contribution in [0.1, 0.15) is 22.3 Å². The van der Waals surface area contributed by atoms with Crippen LogP contribution in [0.4, 0.5) is 0 Å². The first kappa shape index (κ1) is 29.5. The van der Waals surface area contributed by atoms with E-state index in [0.717, 1.165) is 39.1 Å². The summed E-state index contributed by atoms with van der Waals surface area (Å²) in [7, 11) is 0. The molecule has 0 fully saturated rings. The summed E-state index contributed by atoms with van der Waals surface area (Å²) in [5.41, 5.74) is 17.4. The SMILES string of the molecule is c1ccc(-c2nc(-c3cccc(-c4ccc5c(c4)C4(c6ccccc6-5)c5ccccc5-n5c6ccccc6c6cccc4c65)c3)nc3ccccc23)cc1. The maximum atomic E-state index is 5.20. The van der Waals surface area contributed by atoms with Gasteiger partial charge in [0.1, 0.15) is 0 Å².